The fourth-order valence-corrected chi connectivity index (χ4v) is 1.33. The topological polar surface area (TPSA) is 36.7 Å². The summed E-state index contributed by atoms with van der Waals surface area (Å²) in [7, 11) is 0. The van der Waals surface area contributed by atoms with E-state index in [-0.39, 0.29) is 0 Å². The lowest BCUT2D eigenvalue weighted by molar-refractivity contribution is 0.956. The first-order valence-electron chi connectivity index (χ1n) is 4.77. The molecule has 0 aliphatic rings. The van der Waals surface area contributed by atoms with Crippen LogP contribution in [-0.4, -0.2) is 4.98 Å². The van der Waals surface area contributed by atoms with Crippen LogP contribution in [0.5, 0.6) is 0 Å². The molecule has 0 aromatic carbocycles. The maximum Gasteiger partial charge on any atom is 0.0670 e. The van der Waals surface area contributed by atoms with E-state index in [9.17, 15) is 0 Å². The van der Waals surface area contributed by atoms with E-state index in [2.05, 4.69) is 24.6 Å². The van der Waals surface area contributed by atoms with Gasteiger partial charge in [0.15, 0.2) is 0 Å². The zero-order valence-electron chi connectivity index (χ0n) is 8.45. The molecule has 0 aliphatic carbocycles. The summed E-state index contributed by atoms with van der Waals surface area (Å²) in [4.78, 5) is 4.48. The molecule has 0 N–H and O–H groups in total. The number of aryl methyl sites for hydroxylation is 1. The summed E-state index contributed by atoms with van der Waals surface area (Å²) in [6.07, 6.45) is 3.92. The van der Waals surface area contributed by atoms with Crippen molar-refractivity contribution in [2.45, 2.75) is 26.2 Å². The Morgan fingerprint density at radius 1 is 1.57 bits per heavy atom. The monoisotopic (exact) mass is 186 g/mol. The van der Waals surface area contributed by atoms with E-state index in [1.54, 1.807) is 0 Å². The molecular weight excluding hydrogens is 172 g/mol. The molecule has 1 heterocycles. The molecule has 0 bridgehead atoms. The van der Waals surface area contributed by atoms with Crippen LogP contribution in [0, 0.1) is 11.3 Å². The number of allylic oxidation sites excluding steroid dienone is 1. The van der Waals surface area contributed by atoms with Gasteiger partial charge in [0, 0.05) is 17.8 Å². The highest BCUT2D eigenvalue weighted by molar-refractivity contribution is 5.27. The van der Waals surface area contributed by atoms with Gasteiger partial charge in [-0.1, -0.05) is 19.1 Å². The summed E-state index contributed by atoms with van der Waals surface area (Å²) in [5.74, 6) is 0. The molecule has 1 rings (SSSR count). The Kier molecular flexibility index (Phi) is 3.87. The molecule has 0 radical (unpaired) electrons. The van der Waals surface area contributed by atoms with Crippen molar-refractivity contribution in [1.82, 2.24) is 4.98 Å². The number of aromatic nitrogens is 1. The lowest BCUT2D eigenvalue weighted by Gasteiger charge is -2.05. The zero-order valence-corrected chi connectivity index (χ0v) is 8.45. The highest BCUT2D eigenvalue weighted by Gasteiger charge is 2.03. The fourth-order valence-electron chi connectivity index (χ4n) is 1.33. The minimum Gasteiger partial charge on any atom is -0.257 e. The van der Waals surface area contributed by atoms with Gasteiger partial charge in [-0.2, -0.15) is 5.26 Å². The van der Waals surface area contributed by atoms with E-state index in [4.69, 9.17) is 5.26 Å². The van der Waals surface area contributed by atoms with Crippen LogP contribution < -0.4 is 0 Å². The van der Waals surface area contributed by atoms with Crippen molar-refractivity contribution in [3.05, 3.63) is 41.7 Å². The molecule has 1 aromatic heterocycles. The second-order valence-corrected chi connectivity index (χ2v) is 3.09. The van der Waals surface area contributed by atoms with Gasteiger partial charge < -0.3 is 0 Å². The fraction of sp³-hybridized carbons (Fsp3) is 0.333. The molecule has 0 aliphatic heterocycles. The SMILES string of the molecule is C=CCc1nc(CC)ccc1CC#N. The number of pyridine rings is 1. The third-order valence-corrected chi connectivity index (χ3v) is 2.10. The molecule has 0 spiro atoms. The maximum atomic E-state index is 8.64. The van der Waals surface area contributed by atoms with Gasteiger partial charge in [0.2, 0.25) is 0 Å². The molecule has 0 amide bonds. The van der Waals surface area contributed by atoms with Crippen LogP contribution in [0.2, 0.25) is 0 Å². The molecule has 2 nitrogen and oxygen atoms in total. The van der Waals surface area contributed by atoms with Crippen LogP contribution in [0.3, 0.4) is 0 Å². The number of nitriles is 1. The van der Waals surface area contributed by atoms with Crippen molar-refractivity contribution in [3.63, 3.8) is 0 Å². The van der Waals surface area contributed by atoms with Crippen LogP contribution in [0.25, 0.3) is 0 Å². The van der Waals surface area contributed by atoms with Crippen LogP contribution in [0.4, 0.5) is 0 Å². The summed E-state index contributed by atoms with van der Waals surface area (Å²) in [5.41, 5.74) is 3.08. The molecule has 72 valence electrons. The minimum atomic E-state index is 0.431. The Morgan fingerprint density at radius 2 is 2.36 bits per heavy atom. The van der Waals surface area contributed by atoms with Gasteiger partial charge in [0.05, 0.1) is 12.5 Å². The predicted molar refractivity (Wildman–Crippen MR) is 56.8 cm³/mol. The number of rotatable bonds is 4. The molecule has 1 aromatic rings. The van der Waals surface area contributed by atoms with E-state index in [1.165, 1.54) is 0 Å². The van der Waals surface area contributed by atoms with Crippen LogP contribution in [0.1, 0.15) is 23.9 Å². The normalized spacial score (nSPS) is 9.43. The Labute approximate surface area is 84.9 Å². The summed E-state index contributed by atoms with van der Waals surface area (Å²) < 4.78 is 0. The highest BCUT2D eigenvalue weighted by Crippen LogP contribution is 2.10. The first-order valence-corrected chi connectivity index (χ1v) is 4.77. The Morgan fingerprint density at radius 3 is 2.93 bits per heavy atom. The molecule has 0 fully saturated rings. The Balaban J connectivity index is 3.04. The lowest BCUT2D eigenvalue weighted by Crippen LogP contribution is -1.99. The van der Waals surface area contributed by atoms with E-state index in [0.717, 1.165) is 29.8 Å². The van der Waals surface area contributed by atoms with Crippen molar-refractivity contribution in [2.24, 2.45) is 0 Å². The molecule has 14 heavy (non-hydrogen) atoms. The van der Waals surface area contributed by atoms with Gasteiger partial charge in [-0.15, -0.1) is 6.58 Å². The summed E-state index contributed by atoms with van der Waals surface area (Å²) in [5, 5.41) is 8.64. The standard InChI is InChI=1S/C12H14N2/c1-3-5-12-10(8-9-13)6-7-11(4-2)14-12/h3,6-7H,1,4-5,8H2,2H3. The van der Waals surface area contributed by atoms with Gasteiger partial charge >= 0.3 is 0 Å². The lowest BCUT2D eigenvalue weighted by atomic mass is 10.1. The number of hydrogen-bond acceptors (Lipinski definition) is 2. The average molecular weight is 186 g/mol. The second kappa shape index (κ2) is 5.18. The molecule has 0 saturated heterocycles. The van der Waals surface area contributed by atoms with Gasteiger partial charge in [-0.05, 0) is 18.1 Å². The second-order valence-electron chi connectivity index (χ2n) is 3.09. The van der Waals surface area contributed by atoms with E-state index in [1.807, 2.05) is 18.2 Å². The van der Waals surface area contributed by atoms with Crippen molar-refractivity contribution < 1.29 is 0 Å². The van der Waals surface area contributed by atoms with Crippen molar-refractivity contribution >= 4 is 0 Å². The number of nitrogens with zero attached hydrogens (tertiary/aromatic N) is 2. The van der Waals surface area contributed by atoms with Gasteiger partial charge in [-0.3, -0.25) is 4.98 Å². The molecule has 0 unspecified atom stereocenters. The molecular formula is C12H14N2. The van der Waals surface area contributed by atoms with Crippen molar-refractivity contribution in [3.8, 4) is 6.07 Å². The molecule has 0 atom stereocenters. The van der Waals surface area contributed by atoms with Gasteiger partial charge in [-0.25, -0.2) is 0 Å². The van der Waals surface area contributed by atoms with Crippen LogP contribution in [-0.2, 0) is 19.3 Å². The summed E-state index contributed by atoms with van der Waals surface area (Å²) in [6, 6.07) is 6.13. The van der Waals surface area contributed by atoms with Crippen molar-refractivity contribution in [2.75, 3.05) is 0 Å². The first-order chi connectivity index (χ1) is 6.81. The third kappa shape index (κ3) is 2.43. The Hall–Kier alpha value is -1.62. The molecule has 0 saturated carbocycles. The largest absolute Gasteiger partial charge is 0.257 e. The van der Waals surface area contributed by atoms with Gasteiger partial charge in [0.25, 0.3) is 0 Å². The molecule has 2 heteroatoms. The minimum absolute atomic E-state index is 0.431. The zero-order chi connectivity index (χ0) is 10.4. The van der Waals surface area contributed by atoms with E-state index >= 15 is 0 Å². The van der Waals surface area contributed by atoms with Crippen LogP contribution >= 0.6 is 0 Å². The van der Waals surface area contributed by atoms with Crippen LogP contribution in [0.15, 0.2) is 24.8 Å². The summed E-state index contributed by atoms with van der Waals surface area (Å²) in [6.45, 7) is 5.76. The Bertz CT molecular complexity index is 361. The highest BCUT2D eigenvalue weighted by atomic mass is 14.7. The van der Waals surface area contributed by atoms with E-state index < -0.39 is 0 Å². The first kappa shape index (κ1) is 10.5. The quantitative estimate of drug-likeness (QED) is 0.677. The third-order valence-electron chi connectivity index (χ3n) is 2.10. The smallest absolute Gasteiger partial charge is 0.0670 e. The number of hydrogen-bond donors (Lipinski definition) is 0. The van der Waals surface area contributed by atoms with E-state index in [0.29, 0.717) is 6.42 Å². The van der Waals surface area contributed by atoms with Crippen molar-refractivity contribution in [1.29, 1.82) is 5.26 Å². The summed E-state index contributed by atoms with van der Waals surface area (Å²) >= 11 is 0. The average Bonchev–Trinajstić information content (AvgIpc) is 2.21. The maximum absolute atomic E-state index is 8.64. The predicted octanol–water partition coefficient (Wildman–Crippen LogP) is 2.44. The van der Waals surface area contributed by atoms with Gasteiger partial charge in [0.1, 0.15) is 0 Å².